The lowest BCUT2D eigenvalue weighted by atomic mass is 10.0. The molecule has 0 aliphatic carbocycles. The predicted octanol–water partition coefficient (Wildman–Crippen LogP) is 2.92. The van der Waals surface area contributed by atoms with Gasteiger partial charge in [0.15, 0.2) is 0 Å². The van der Waals surface area contributed by atoms with Crippen LogP contribution in [0.15, 0.2) is 79.1 Å². The van der Waals surface area contributed by atoms with Gasteiger partial charge < -0.3 is 25.2 Å². The van der Waals surface area contributed by atoms with E-state index < -0.39 is 29.7 Å². The average molecular weight is 599 g/mol. The summed E-state index contributed by atoms with van der Waals surface area (Å²) in [5.41, 5.74) is 2.62. The molecule has 5 aromatic rings. The van der Waals surface area contributed by atoms with E-state index in [2.05, 4.69) is 25.8 Å². The fourth-order valence-electron chi connectivity index (χ4n) is 5.09. The molecule has 1 unspecified atom stereocenters. The number of nitrogens with one attached hydrogen (secondary N) is 2. The minimum Gasteiger partial charge on any atom is -0.477 e. The van der Waals surface area contributed by atoms with Crippen molar-refractivity contribution in [3.05, 3.63) is 95.4 Å². The van der Waals surface area contributed by atoms with Gasteiger partial charge in [0.25, 0.3) is 0 Å². The number of piperazine rings is 1. The molecule has 1 aliphatic heterocycles. The quantitative estimate of drug-likeness (QED) is 0.229. The highest BCUT2D eigenvalue weighted by Crippen LogP contribution is 2.30. The Morgan fingerprint density at radius 3 is 2.53 bits per heavy atom. The molecule has 2 aromatic heterocycles. The zero-order valence-electron chi connectivity index (χ0n) is 22.3. The van der Waals surface area contributed by atoms with Crippen molar-refractivity contribution in [3.8, 4) is 5.69 Å². The number of carboxylic acids is 1. The van der Waals surface area contributed by atoms with Crippen LogP contribution in [0.1, 0.15) is 16.1 Å². The number of hydrogen-bond donors (Lipinski definition) is 3. The van der Waals surface area contributed by atoms with Crippen LogP contribution in [-0.4, -0.2) is 78.0 Å². The van der Waals surface area contributed by atoms with Gasteiger partial charge in [-0.1, -0.05) is 41.9 Å². The van der Waals surface area contributed by atoms with Crippen molar-refractivity contribution in [3.63, 3.8) is 0 Å². The Hall–Kier alpha value is -5.56. The van der Waals surface area contributed by atoms with Crippen LogP contribution in [0.5, 0.6) is 0 Å². The molecule has 1 saturated heterocycles. The van der Waals surface area contributed by atoms with Crippen LogP contribution in [0.4, 0.5) is 11.4 Å². The lowest BCUT2D eigenvalue weighted by Crippen LogP contribution is -2.60. The number of fused-ring (bicyclic) bond motifs is 1. The molecular formula is C29H23ClN8O5. The third-order valence-electron chi connectivity index (χ3n) is 7.15. The summed E-state index contributed by atoms with van der Waals surface area (Å²) >= 11 is 6.24. The first-order chi connectivity index (χ1) is 20.8. The van der Waals surface area contributed by atoms with E-state index in [1.165, 1.54) is 26.9 Å². The number of carboxylic acid groups (broad SMARTS) is 1. The molecule has 1 atom stereocenters. The van der Waals surface area contributed by atoms with Crippen molar-refractivity contribution in [1.82, 2.24) is 30.1 Å². The van der Waals surface area contributed by atoms with E-state index in [1.807, 2.05) is 30.3 Å². The first kappa shape index (κ1) is 27.6. The minimum atomic E-state index is -1.10. The standard InChI is InChI=1S/C29H23ClN8O5/c30-19-6-9-23(38-16-31-34-35-38)24(15-19)36-10-11-37(28(41)27(36)40)25(12-17-4-2-1-3-5-17)26(39)32-20-7-8-21-18(13-20)14-22(33-21)29(42)43/h1-9,13-16,25,33H,10-12H2,(H,32,39)(H,42,43). The number of hydrogen-bond acceptors (Lipinski definition) is 7. The van der Waals surface area contributed by atoms with Gasteiger partial charge in [0.1, 0.15) is 18.1 Å². The Bertz CT molecular complexity index is 1860. The summed E-state index contributed by atoms with van der Waals surface area (Å²) in [6, 6.07) is 19.4. The lowest BCUT2D eigenvalue weighted by molar-refractivity contribution is -0.149. The minimum absolute atomic E-state index is 0.0188. The molecule has 0 bridgehead atoms. The Kier molecular flexibility index (Phi) is 7.30. The number of aromatic amines is 1. The van der Waals surface area contributed by atoms with Gasteiger partial charge in [-0.25, -0.2) is 4.79 Å². The number of amides is 3. The number of tetrazole rings is 1. The molecule has 1 aliphatic rings. The fraction of sp³-hybridized carbons (Fsp3) is 0.138. The van der Waals surface area contributed by atoms with Crippen LogP contribution < -0.4 is 10.2 Å². The highest BCUT2D eigenvalue weighted by Gasteiger charge is 2.40. The fourth-order valence-corrected chi connectivity index (χ4v) is 5.25. The van der Waals surface area contributed by atoms with Gasteiger partial charge in [-0.3, -0.25) is 14.4 Å². The number of rotatable bonds is 8. The molecule has 3 heterocycles. The summed E-state index contributed by atoms with van der Waals surface area (Å²) in [6.07, 6.45) is 1.52. The predicted molar refractivity (Wildman–Crippen MR) is 156 cm³/mol. The van der Waals surface area contributed by atoms with Crippen molar-refractivity contribution in [2.45, 2.75) is 12.5 Å². The van der Waals surface area contributed by atoms with Crippen molar-refractivity contribution < 1.29 is 24.3 Å². The Labute approximate surface area is 248 Å². The maximum atomic E-state index is 13.7. The van der Waals surface area contributed by atoms with Crippen molar-refractivity contribution >= 4 is 57.6 Å². The van der Waals surface area contributed by atoms with Gasteiger partial charge in [-0.15, -0.1) is 5.10 Å². The highest BCUT2D eigenvalue weighted by atomic mass is 35.5. The number of aromatic nitrogens is 5. The summed E-state index contributed by atoms with van der Waals surface area (Å²) in [4.78, 5) is 57.7. The smallest absolute Gasteiger partial charge is 0.352 e. The normalized spacial score (nSPS) is 14.3. The zero-order chi connectivity index (χ0) is 30.1. The van der Waals surface area contributed by atoms with E-state index in [0.717, 1.165) is 5.56 Å². The van der Waals surface area contributed by atoms with Gasteiger partial charge in [-0.2, -0.15) is 4.68 Å². The molecule has 6 rings (SSSR count). The van der Waals surface area contributed by atoms with Crippen LogP contribution in [0.25, 0.3) is 16.6 Å². The Morgan fingerprint density at radius 1 is 0.977 bits per heavy atom. The first-order valence-electron chi connectivity index (χ1n) is 13.1. The molecule has 3 aromatic carbocycles. The number of H-pyrrole nitrogens is 1. The van der Waals surface area contributed by atoms with Crippen molar-refractivity contribution in [2.75, 3.05) is 23.3 Å². The van der Waals surface area contributed by atoms with Gasteiger partial charge >= 0.3 is 17.8 Å². The summed E-state index contributed by atoms with van der Waals surface area (Å²) < 4.78 is 1.36. The number of aromatic carboxylic acids is 1. The third-order valence-corrected chi connectivity index (χ3v) is 7.38. The zero-order valence-corrected chi connectivity index (χ0v) is 23.1. The molecule has 43 heavy (non-hydrogen) atoms. The number of anilines is 2. The lowest BCUT2D eigenvalue weighted by Gasteiger charge is -2.38. The van der Waals surface area contributed by atoms with Crippen LogP contribution in [0, 0.1) is 0 Å². The van der Waals surface area contributed by atoms with Crippen LogP contribution in [0.3, 0.4) is 0 Å². The number of benzene rings is 3. The van der Waals surface area contributed by atoms with E-state index in [0.29, 0.717) is 33.0 Å². The van der Waals surface area contributed by atoms with E-state index >= 15 is 0 Å². The van der Waals surface area contributed by atoms with E-state index in [4.69, 9.17) is 11.6 Å². The van der Waals surface area contributed by atoms with Gasteiger partial charge in [0.2, 0.25) is 5.91 Å². The van der Waals surface area contributed by atoms with Crippen LogP contribution >= 0.6 is 11.6 Å². The molecule has 13 nitrogen and oxygen atoms in total. The molecular weight excluding hydrogens is 576 g/mol. The van der Waals surface area contributed by atoms with E-state index in [1.54, 1.807) is 36.4 Å². The maximum absolute atomic E-state index is 13.7. The topological polar surface area (TPSA) is 166 Å². The molecule has 0 spiro atoms. The molecule has 1 fully saturated rings. The second-order valence-electron chi connectivity index (χ2n) is 9.83. The van der Waals surface area contributed by atoms with Crippen molar-refractivity contribution in [2.24, 2.45) is 0 Å². The highest BCUT2D eigenvalue weighted by molar-refractivity contribution is 6.41. The maximum Gasteiger partial charge on any atom is 0.352 e. The van der Waals surface area contributed by atoms with Crippen LogP contribution in [0.2, 0.25) is 5.02 Å². The van der Waals surface area contributed by atoms with Gasteiger partial charge in [-0.05, 0) is 58.5 Å². The third kappa shape index (κ3) is 5.53. The summed E-state index contributed by atoms with van der Waals surface area (Å²) in [5, 5.41) is 24.3. The second-order valence-corrected chi connectivity index (χ2v) is 10.3. The Balaban J connectivity index is 1.28. The van der Waals surface area contributed by atoms with Gasteiger partial charge in [0, 0.05) is 41.1 Å². The SMILES string of the molecule is O=C(O)c1cc2cc(NC(=O)C(Cc3ccccc3)N3CCN(c4cc(Cl)ccc4-n4cnnn4)C(=O)C3=O)ccc2[nH]1. The average Bonchev–Trinajstić information content (AvgIpc) is 3.69. The largest absolute Gasteiger partial charge is 0.477 e. The monoisotopic (exact) mass is 598 g/mol. The summed E-state index contributed by atoms with van der Waals surface area (Å²) in [5.74, 6) is -3.28. The molecule has 0 saturated carbocycles. The summed E-state index contributed by atoms with van der Waals surface area (Å²) in [6.45, 7) is 0.155. The number of carbonyl (C=O) groups is 4. The van der Waals surface area contributed by atoms with E-state index in [9.17, 15) is 24.3 Å². The summed E-state index contributed by atoms with van der Waals surface area (Å²) in [7, 11) is 0. The molecule has 3 amide bonds. The molecule has 14 heteroatoms. The molecule has 3 N–H and O–H groups in total. The second kappa shape index (κ2) is 11.4. The van der Waals surface area contributed by atoms with E-state index in [-0.39, 0.29) is 25.2 Å². The van der Waals surface area contributed by atoms with Crippen molar-refractivity contribution in [1.29, 1.82) is 0 Å². The number of carbonyl (C=O) groups excluding carboxylic acids is 3. The molecule has 216 valence electrons. The first-order valence-corrected chi connectivity index (χ1v) is 13.5. The molecule has 0 radical (unpaired) electrons. The number of halogens is 1. The Morgan fingerprint density at radius 2 is 1.79 bits per heavy atom. The van der Waals surface area contributed by atoms with Gasteiger partial charge in [0.05, 0.1) is 11.4 Å². The van der Waals surface area contributed by atoms with Crippen LogP contribution in [-0.2, 0) is 20.8 Å². The number of nitrogens with zero attached hydrogens (tertiary/aromatic N) is 6.